The van der Waals surface area contributed by atoms with Gasteiger partial charge in [-0.1, -0.05) is 11.6 Å². The molecule has 154 valence electrons. The molecule has 3 aliphatic rings. The molecule has 0 bridgehead atoms. The van der Waals surface area contributed by atoms with Gasteiger partial charge in [0.2, 0.25) is 0 Å². The molecule has 28 heavy (non-hydrogen) atoms. The fourth-order valence-corrected chi connectivity index (χ4v) is 4.04. The van der Waals surface area contributed by atoms with Crippen LogP contribution in [0.15, 0.2) is 18.2 Å². The molecular weight excluding hydrogens is 390 g/mol. The van der Waals surface area contributed by atoms with Crippen LogP contribution in [0.3, 0.4) is 0 Å². The Morgan fingerprint density at radius 3 is 2.36 bits per heavy atom. The summed E-state index contributed by atoms with van der Waals surface area (Å²) in [6.45, 7) is 7.16. The van der Waals surface area contributed by atoms with E-state index in [0.717, 1.165) is 0 Å². The van der Waals surface area contributed by atoms with Crippen LogP contribution in [-0.2, 0) is 28.5 Å². The van der Waals surface area contributed by atoms with E-state index < -0.39 is 42.3 Å². The van der Waals surface area contributed by atoms with Gasteiger partial charge in [0.15, 0.2) is 24.0 Å². The molecule has 0 aliphatic carbocycles. The first-order valence-corrected chi connectivity index (χ1v) is 9.47. The Bertz CT molecular complexity index is 784. The number of fused-ring (bicyclic) bond motifs is 3. The Morgan fingerprint density at radius 2 is 1.68 bits per heavy atom. The van der Waals surface area contributed by atoms with Crippen LogP contribution in [0.4, 0.5) is 5.69 Å². The van der Waals surface area contributed by atoms with E-state index in [1.54, 1.807) is 45.9 Å². The highest BCUT2D eigenvalue weighted by molar-refractivity contribution is 6.32. The van der Waals surface area contributed by atoms with Gasteiger partial charge in [0, 0.05) is 5.69 Å². The number of benzene rings is 1. The Morgan fingerprint density at radius 1 is 1.04 bits per heavy atom. The lowest BCUT2D eigenvalue weighted by Gasteiger charge is -2.36. The molecule has 3 heterocycles. The van der Waals surface area contributed by atoms with E-state index in [1.165, 1.54) is 7.11 Å². The van der Waals surface area contributed by atoms with Crippen LogP contribution in [-0.4, -0.2) is 55.3 Å². The van der Waals surface area contributed by atoms with E-state index in [0.29, 0.717) is 16.5 Å². The van der Waals surface area contributed by atoms with E-state index >= 15 is 0 Å². The number of rotatable bonds is 3. The zero-order valence-electron chi connectivity index (χ0n) is 16.4. The molecule has 3 saturated heterocycles. The lowest BCUT2D eigenvalue weighted by atomic mass is 9.98. The molecule has 0 spiro atoms. The number of carbonyl (C=O) groups is 1. The van der Waals surface area contributed by atoms with Crippen LogP contribution in [0.5, 0.6) is 5.75 Å². The Kier molecular flexibility index (Phi) is 4.85. The lowest BCUT2D eigenvalue weighted by Crippen LogP contribution is -2.58. The molecule has 3 fully saturated rings. The van der Waals surface area contributed by atoms with Gasteiger partial charge in [0.25, 0.3) is 5.91 Å². The summed E-state index contributed by atoms with van der Waals surface area (Å²) in [6, 6.07) is 4.98. The molecule has 0 unspecified atom stereocenters. The van der Waals surface area contributed by atoms with Gasteiger partial charge < -0.3 is 33.7 Å². The van der Waals surface area contributed by atoms with Gasteiger partial charge >= 0.3 is 0 Å². The van der Waals surface area contributed by atoms with Crippen LogP contribution >= 0.6 is 11.6 Å². The third-order valence-electron chi connectivity index (χ3n) is 4.83. The van der Waals surface area contributed by atoms with Crippen molar-refractivity contribution in [3.63, 3.8) is 0 Å². The number of nitrogens with one attached hydrogen (secondary N) is 1. The fourth-order valence-electron chi connectivity index (χ4n) is 3.78. The summed E-state index contributed by atoms with van der Waals surface area (Å²) >= 11 is 6.14. The minimum absolute atomic E-state index is 0.385. The second kappa shape index (κ2) is 6.83. The van der Waals surface area contributed by atoms with Crippen molar-refractivity contribution in [1.82, 2.24) is 0 Å². The first kappa shape index (κ1) is 19.9. The Hall–Kier alpha value is -1.42. The molecule has 0 aromatic heterocycles. The summed E-state index contributed by atoms with van der Waals surface area (Å²) < 4.78 is 34.8. The zero-order chi connectivity index (χ0) is 20.3. The van der Waals surface area contributed by atoms with Gasteiger partial charge in [0.05, 0.1) is 12.1 Å². The maximum absolute atomic E-state index is 13.0. The third-order valence-corrected chi connectivity index (χ3v) is 5.13. The second-order valence-corrected chi connectivity index (χ2v) is 8.34. The summed E-state index contributed by atoms with van der Waals surface area (Å²) in [5.74, 6) is -1.58. The molecule has 1 aromatic carbocycles. The molecule has 1 N–H and O–H groups in total. The van der Waals surface area contributed by atoms with E-state index in [9.17, 15) is 4.79 Å². The maximum atomic E-state index is 13.0. The summed E-state index contributed by atoms with van der Waals surface area (Å²) in [5, 5.41) is 3.20. The third kappa shape index (κ3) is 3.60. The number of amides is 1. The normalized spacial score (nSPS) is 35.1. The summed E-state index contributed by atoms with van der Waals surface area (Å²) in [7, 11) is 1.52. The van der Waals surface area contributed by atoms with E-state index in [1.807, 2.05) is 0 Å². The van der Waals surface area contributed by atoms with E-state index in [4.69, 9.17) is 40.0 Å². The topological polar surface area (TPSA) is 84.5 Å². The van der Waals surface area contributed by atoms with Crippen LogP contribution in [0.1, 0.15) is 27.7 Å². The number of anilines is 1. The number of hydrogen-bond donors (Lipinski definition) is 1. The summed E-state index contributed by atoms with van der Waals surface area (Å²) in [4.78, 5) is 13.0. The van der Waals surface area contributed by atoms with E-state index in [2.05, 4.69) is 5.32 Å². The number of halogens is 1. The number of ether oxygens (including phenoxy) is 6. The molecule has 0 saturated carbocycles. The lowest BCUT2D eigenvalue weighted by molar-refractivity contribution is -0.229. The molecular formula is C19H24ClNO7. The monoisotopic (exact) mass is 413 g/mol. The second-order valence-electron chi connectivity index (χ2n) is 7.93. The van der Waals surface area contributed by atoms with Crippen molar-refractivity contribution in [2.24, 2.45) is 0 Å². The van der Waals surface area contributed by atoms with Crippen molar-refractivity contribution in [1.29, 1.82) is 0 Å². The SMILES string of the molecule is COc1ccc(NC(=O)[C@@H]2O[C@@H]3OC(C)(C)O[C@@H]3[C@H]3OC(C)(C)O[C@@H]32)cc1Cl. The number of carbonyl (C=O) groups excluding carboxylic acids is 1. The van der Waals surface area contributed by atoms with Crippen LogP contribution < -0.4 is 10.1 Å². The highest BCUT2D eigenvalue weighted by Gasteiger charge is 2.62. The van der Waals surface area contributed by atoms with Crippen molar-refractivity contribution in [3.8, 4) is 5.75 Å². The fraction of sp³-hybridized carbons (Fsp3) is 0.632. The maximum Gasteiger partial charge on any atom is 0.256 e. The first-order valence-electron chi connectivity index (χ1n) is 9.10. The predicted octanol–water partition coefficient (Wildman–Crippen LogP) is 2.68. The van der Waals surface area contributed by atoms with Gasteiger partial charge in [-0.15, -0.1) is 0 Å². The van der Waals surface area contributed by atoms with Gasteiger partial charge in [0.1, 0.15) is 24.1 Å². The molecule has 9 heteroatoms. The average Bonchev–Trinajstić information content (AvgIpc) is 3.08. The Balaban J connectivity index is 1.56. The Labute approximate surface area is 168 Å². The number of hydrogen-bond acceptors (Lipinski definition) is 7. The van der Waals surface area contributed by atoms with Gasteiger partial charge in [-0.25, -0.2) is 0 Å². The largest absolute Gasteiger partial charge is 0.495 e. The zero-order valence-corrected chi connectivity index (χ0v) is 17.1. The first-order chi connectivity index (χ1) is 13.1. The van der Waals surface area contributed by atoms with Crippen LogP contribution in [0.2, 0.25) is 5.02 Å². The average molecular weight is 414 g/mol. The minimum Gasteiger partial charge on any atom is -0.495 e. The number of methoxy groups -OCH3 is 1. The van der Waals surface area contributed by atoms with E-state index in [-0.39, 0.29) is 5.91 Å². The summed E-state index contributed by atoms with van der Waals surface area (Å²) in [6.07, 6.45) is -3.29. The molecule has 8 nitrogen and oxygen atoms in total. The highest BCUT2D eigenvalue weighted by Crippen LogP contribution is 2.44. The van der Waals surface area contributed by atoms with Gasteiger partial charge in [-0.2, -0.15) is 0 Å². The summed E-state index contributed by atoms with van der Waals surface area (Å²) in [5.41, 5.74) is 0.514. The molecule has 1 aromatic rings. The van der Waals surface area contributed by atoms with Crippen molar-refractivity contribution in [2.45, 2.75) is 70.0 Å². The van der Waals surface area contributed by atoms with Crippen molar-refractivity contribution < 1.29 is 33.2 Å². The molecule has 4 rings (SSSR count). The van der Waals surface area contributed by atoms with Crippen molar-refractivity contribution in [2.75, 3.05) is 12.4 Å². The molecule has 0 radical (unpaired) electrons. The van der Waals surface area contributed by atoms with Crippen molar-refractivity contribution >= 4 is 23.2 Å². The highest BCUT2D eigenvalue weighted by atomic mass is 35.5. The van der Waals surface area contributed by atoms with Crippen molar-refractivity contribution in [3.05, 3.63) is 23.2 Å². The smallest absolute Gasteiger partial charge is 0.256 e. The van der Waals surface area contributed by atoms with Crippen LogP contribution in [0.25, 0.3) is 0 Å². The standard InChI is InChI=1S/C19H24ClNO7/c1-18(2)25-12-13(26-18)15-17(28-19(3,4)27-15)24-14(12)16(22)21-9-6-7-11(23-5)10(20)8-9/h6-8,12-15,17H,1-5H3,(H,21,22)/t12-,13-,14+,15+,17+/m0/s1. The molecule has 3 aliphatic heterocycles. The van der Waals surface area contributed by atoms with Crippen LogP contribution in [0, 0.1) is 0 Å². The van der Waals surface area contributed by atoms with Gasteiger partial charge in [-0.3, -0.25) is 4.79 Å². The quantitative estimate of drug-likeness (QED) is 0.815. The minimum atomic E-state index is -0.939. The predicted molar refractivity (Wildman–Crippen MR) is 99.2 cm³/mol. The van der Waals surface area contributed by atoms with Gasteiger partial charge in [-0.05, 0) is 45.9 Å². The molecule has 1 amide bonds. The molecule has 5 atom stereocenters.